The van der Waals surface area contributed by atoms with Gasteiger partial charge in [0.15, 0.2) is 11.6 Å². The Morgan fingerprint density at radius 1 is 1.05 bits per heavy atom. The molecule has 3 aliphatic rings. The molecule has 3 aromatic rings. The highest BCUT2D eigenvalue weighted by molar-refractivity contribution is 9.10. The molecule has 0 aliphatic carbocycles. The molecule has 0 bridgehead atoms. The molecule has 3 aliphatic heterocycles. The van der Waals surface area contributed by atoms with Crippen molar-refractivity contribution in [2.75, 3.05) is 51.0 Å². The van der Waals surface area contributed by atoms with Crippen LogP contribution in [0.25, 0.3) is 0 Å². The number of halogens is 1. The number of carbonyl (C=O) groups excluding carboxylic acids is 2. The van der Waals surface area contributed by atoms with Gasteiger partial charge < -0.3 is 29.1 Å². The number of hydrogen-bond donors (Lipinski definition) is 1. The zero-order valence-electron chi connectivity index (χ0n) is 23.1. The van der Waals surface area contributed by atoms with Crippen molar-refractivity contribution in [1.29, 1.82) is 0 Å². The van der Waals surface area contributed by atoms with Gasteiger partial charge in [-0.3, -0.25) is 9.59 Å². The number of aliphatic imine (C=N–C) groups is 1. The van der Waals surface area contributed by atoms with E-state index in [0.717, 1.165) is 21.3 Å². The summed E-state index contributed by atoms with van der Waals surface area (Å²) in [6, 6.07) is 22.8. The van der Waals surface area contributed by atoms with Gasteiger partial charge in [-0.2, -0.15) is 0 Å². The number of benzene rings is 3. The first-order valence-electron chi connectivity index (χ1n) is 14.1. The Hall–Kier alpha value is -3.73. The van der Waals surface area contributed by atoms with Crippen LogP contribution in [0, 0.1) is 0 Å². The van der Waals surface area contributed by atoms with E-state index in [-0.39, 0.29) is 25.0 Å². The average Bonchev–Trinajstić information content (AvgIpc) is 3.40. The Labute approximate surface area is 252 Å². The van der Waals surface area contributed by atoms with Crippen molar-refractivity contribution in [2.45, 2.75) is 24.5 Å². The molecule has 0 radical (unpaired) electrons. The van der Waals surface area contributed by atoms with Crippen molar-refractivity contribution in [1.82, 2.24) is 4.90 Å². The van der Waals surface area contributed by atoms with Crippen LogP contribution in [0.2, 0.25) is 0 Å². The molecule has 9 nitrogen and oxygen atoms in total. The van der Waals surface area contributed by atoms with Gasteiger partial charge in [0, 0.05) is 48.3 Å². The number of hydrogen-bond acceptors (Lipinski definition) is 7. The minimum Gasteiger partial charge on any atom is -0.494 e. The third-order valence-corrected chi connectivity index (χ3v) is 8.35. The Bertz CT molecular complexity index is 1470. The molecule has 218 valence electrons. The average molecular weight is 635 g/mol. The van der Waals surface area contributed by atoms with E-state index in [9.17, 15) is 9.59 Å². The van der Waals surface area contributed by atoms with Crippen molar-refractivity contribution in [3.05, 3.63) is 94.0 Å². The second-order valence-electron chi connectivity index (χ2n) is 10.5. The van der Waals surface area contributed by atoms with E-state index in [2.05, 4.69) is 15.9 Å². The van der Waals surface area contributed by atoms with Gasteiger partial charge in [0.1, 0.15) is 12.3 Å². The lowest BCUT2D eigenvalue weighted by Gasteiger charge is -2.41. The Balaban J connectivity index is 1.39. The quantitative estimate of drug-likeness (QED) is 0.378. The summed E-state index contributed by atoms with van der Waals surface area (Å²) in [5.74, 6) is 0.630. The molecular weight excluding hydrogens is 602 g/mol. The summed E-state index contributed by atoms with van der Waals surface area (Å²) in [6.07, 6.45) is 0.169. The monoisotopic (exact) mass is 633 g/mol. The minimum absolute atomic E-state index is 0.0640. The number of aliphatic hydroxyl groups is 1. The van der Waals surface area contributed by atoms with Gasteiger partial charge in [0.25, 0.3) is 5.91 Å². The SMILES string of the molecule is O=C(CN1C(=O)[C@]2(Cc3ccccc31)N=C(c1ccc(OCCCO)cc1)O[C@@H]2c1ccc(Br)cc1)N1CCOCC1. The van der Waals surface area contributed by atoms with Gasteiger partial charge >= 0.3 is 0 Å². The lowest BCUT2D eigenvalue weighted by molar-refractivity contribution is -0.136. The molecular formula is C32H32BrN3O6. The van der Waals surface area contributed by atoms with Gasteiger partial charge in [0.05, 0.1) is 19.8 Å². The molecule has 42 heavy (non-hydrogen) atoms. The number of fused-ring (bicyclic) bond motifs is 1. The number of amides is 2. The Morgan fingerprint density at radius 3 is 2.52 bits per heavy atom. The van der Waals surface area contributed by atoms with Crippen LogP contribution in [-0.4, -0.2) is 79.3 Å². The van der Waals surface area contributed by atoms with Crippen molar-refractivity contribution in [3.8, 4) is 5.75 Å². The summed E-state index contributed by atoms with van der Waals surface area (Å²) in [6.45, 7) is 2.36. The first-order chi connectivity index (χ1) is 20.5. The fourth-order valence-corrected chi connectivity index (χ4v) is 5.93. The lowest BCUT2D eigenvalue weighted by Crippen LogP contribution is -2.58. The standard InChI is InChI=1S/C32H32BrN3O6/c33-25-10-6-22(7-11-25)29-32(34-30(42-29)23-8-12-26(13-9-23)41-17-3-16-37)20-24-4-1-2-5-27(24)36(31(32)39)21-28(38)35-14-18-40-19-15-35/h1-2,4-13,29,37H,3,14-21H2/t29-,32-/m1/s1. The molecule has 2 amide bonds. The van der Waals surface area contributed by atoms with Crippen LogP contribution in [0.1, 0.15) is 29.2 Å². The van der Waals surface area contributed by atoms with Crippen molar-refractivity contribution >= 4 is 39.3 Å². The summed E-state index contributed by atoms with van der Waals surface area (Å²) in [5.41, 5.74) is 1.87. The molecule has 1 N–H and O–H groups in total. The maximum absolute atomic E-state index is 14.7. The maximum Gasteiger partial charge on any atom is 0.260 e. The number of aliphatic hydroxyl groups excluding tert-OH is 1. The van der Waals surface area contributed by atoms with Gasteiger partial charge in [-0.15, -0.1) is 0 Å². The Morgan fingerprint density at radius 2 is 1.79 bits per heavy atom. The number of ether oxygens (including phenoxy) is 3. The molecule has 6 rings (SSSR count). The molecule has 3 heterocycles. The van der Waals surface area contributed by atoms with E-state index in [1.807, 2.05) is 72.8 Å². The first-order valence-corrected chi connectivity index (χ1v) is 14.9. The molecule has 1 spiro atoms. The number of nitrogens with zero attached hydrogens (tertiary/aromatic N) is 3. The maximum atomic E-state index is 14.7. The van der Waals surface area contributed by atoms with Crippen LogP contribution in [0.4, 0.5) is 5.69 Å². The second-order valence-corrected chi connectivity index (χ2v) is 11.4. The first kappa shape index (κ1) is 28.4. The van der Waals surface area contributed by atoms with Gasteiger partial charge in [-0.25, -0.2) is 4.99 Å². The molecule has 3 aromatic carbocycles. The predicted molar refractivity (Wildman–Crippen MR) is 161 cm³/mol. The molecule has 0 aromatic heterocycles. The molecule has 0 unspecified atom stereocenters. The van der Waals surface area contributed by atoms with Crippen LogP contribution in [0.5, 0.6) is 5.75 Å². The zero-order valence-corrected chi connectivity index (χ0v) is 24.7. The molecule has 10 heteroatoms. The minimum atomic E-state index is -1.31. The number of morpholine rings is 1. The van der Waals surface area contributed by atoms with E-state index in [1.54, 1.807) is 9.80 Å². The van der Waals surface area contributed by atoms with Crippen LogP contribution < -0.4 is 9.64 Å². The summed E-state index contributed by atoms with van der Waals surface area (Å²) in [7, 11) is 0. The highest BCUT2D eigenvalue weighted by atomic mass is 79.9. The fourth-order valence-electron chi connectivity index (χ4n) is 5.67. The summed E-state index contributed by atoms with van der Waals surface area (Å²) >= 11 is 3.51. The highest BCUT2D eigenvalue weighted by Gasteiger charge is 2.57. The molecule has 0 saturated carbocycles. The summed E-state index contributed by atoms with van der Waals surface area (Å²) < 4.78 is 18.6. The van der Waals surface area contributed by atoms with E-state index in [4.69, 9.17) is 24.3 Å². The number of rotatable bonds is 8. The van der Waals surface area contributed by atoms with Gasteiger partial charge in [-0.05, 0) is 53.6 Å². The van der Waals surface area contributed by atoms with Crippen LogP contribution in [0.3, 0.4) is 0 Å². The normalized spacial score (nSPS) is 21.6. The van der Waals surface area contributed by atoms with E-state index in [1.165, 1.54) is 0 Å². The van der Waals surface area contributed by atoms with Crippen molar-refractivity contribution in [3.63, 3.8) is 0 Å². The van der Waals surface area contributed by atoms with Crippen LogP contribution >= 0.6 is 15.9 Å². The molecule has 2 atom stereocenters. The fraction of sp³-hybridized carbons (Fsp3) is 0.344. The van der Waals surface area contributed by atoms with E-state index >= 15 is 0 Å². The molecule has 1 fully saturated rings. The zero-order chi connectivity index (χ0) is 29.1. The second kappa shape index (κ2) is 12.2. The lowest BCUT2D eigenvalue weighted by atomic mass is 9.78. The highest BCUT2D eigenvalue weighted by Crippen LogP contribution is 2.47. The number of anilines is 1. The van der Waals surface area contributed by atoms with Crippen LogP contribution in [0.15, 0.2) is 82.3 Å². The van der Waals surface area contributed by atoms with Crippen molar-refractivity contribution in [2.24, 2.45) is 4.99 Å². The van der Waals surface area contributed by atoms with Crippen LogP contribution in [-0.2, 0) is 25.5 Å². The van der Waals surface area contributed by atoms with E-state index < -0.39 is 11.6 Å². The van der Waals surface area contributed by atoms with Gasteiger partial charge in [-0.1, -0.05) is 46.3 Å². The number of para-hydroxylation sites is 1. The number of carbonyl (C=O) groups is 2. The summed E-state index contributed by atoms with van der Waals surface area (Å²) in [5, 5.41) is 9.03. The van der Waals surface area contributed by atoms with E-state index in [0.29, 0.717) is 63.0 Å². The van der Waals surface area contributed by atoms with Crippen molar-refractivity contribution < 1.29 is 28.9 Å². The Kier molecular flexibility index (Phi) is 8.28. The third kappa shape index (κ3) is 5.54. The smallest absolute Gasteiger partial charge is 0.260 e. The van der Waals surface area contributed by atoms with Gasteiger partial charge in [0.2, 0.25) is 11.8 Å². The predicted octanol–water partition coefficient (Wildman–Crippen LogP) is 3.92. The largest absolute Gasteiger partial charge is 0.494 e. The summed E-state index contributed by atoms with van der Waals surface area (Å²) in [4.78, 5) is 36.4. The topological polar surface area (TPSA) is 101 Å². The third-order valence-electron chi connectivity index (χ3n) is 7.82. The molecule has 1 saturated heterocycles.